The van der Waals surface area contributed by atoms with Crippen molar-refractivity contribution in [2.24, 2.45) is 0 Å². The molecule has 1 fully saturated rings. The van der Waals surface area contributed by atoms with Crippen molar-refractivity contribution in [1.29, 1.82) is 0 Å². The van der Waals surface area contributed by atoms with Crippen LogP contribution in [0.2, 0.25) is 0 Å². The fourth-order valence-electron chi connectivity index (χ4n) is 3.91. The molecular weight excluding hydrogens is 471 g/mol. The van der Waals surface area contributed by atoms with Crippen LogP contribution in [0.25, 0.3) is 10.2 Å². The maximum absolute atomic E-state index is 12.8. The van der Waals surface area contributed by atoms with Gasteiger partial charge >= 0.3 is 6.18 Å². The van der Waals surface area contributed by atoms with Gasteiger partial charge in [-0.1, -0.05) is 6.07 Å². The molecule has 33 heavy (non-hydrogen) atoms. The number of carbonyl (C=O) groups excluding carboxylic acids is 1. The number of amides is 1. The van der Waals surface area contributed by atoms with E-state index in [0.717, 1.165) is 20.8 Å². The molecule has 1 aliphatic heterocycles. The second kappa shape index (κ2) is 9.90. The molecule has 4 rings (SSSR count). The van der Waals surface area contributed by atoms with Crippen LogP contribution in [0.5, 0.6) is 0 Å². The van der Waals surface area contributed by atoms with Crippen molar-refractivity contribution in [2.75, 3.05) is 17.8 Å². The molecule has 3 aromatic rings. The summed E-state index contributed by atoms with van der Waals surface area (Å²) in [5.74, 6) is -0.140. The molecule has 5 nitrogen and oxygen atoms in total. The molecule has 10 heteroatoms. The molecule has 2 N–H and O–H groups in total. The van der Waals surface area contributed by atoms with Gasteiger partial charge in [0.15, 0.2) is 0 Å². The molecule has 2 heterocycles. The first-order chi connectivity index (χ1) is 15.7. The summed E-state index contributed by atoms with van der Waals surface area (Å²) in [5, 5.41) is 10.6. The summed E-state index contributed by atoms with van der Waals surface area (Å²) in [7, 11) is 0. The lowest BCUT2D eigenvalue weighted by Gasteiger charge is -2.38. The van der Waals surface area contributed by atoms with E-state index in [1.807, 2.05) is 35.8 Å². The van der Waals surface area contributed by atoms with Gasteiger partial charge in [0.05, 0.1) is 26.2 Å². The van der Waals surface area contributed by atoms with Gasteiger partial charge in [-0.15, -0.1) is 11.3 Å². The molecule has 1 aromatic heterocycles. The zero-order valence-corrected chi connectivity index (χ0v) is 19.4. The van der Waals surface area contributed by atoms with Crippen LogP contribution in [-0.4, -0.2) is 45.8 Å². The van der Waals surface area contributed by atoms with Crippen LogP contribution in [0, 0.1) is 0 Å². The molecule has 176 valence electrons. The molecular formula is C23H24F3N3O2S2. The van der Waals surface area contributed by atoms with Crippen LogP contribution in [0.15, 0.2) is 52.9 Å². The predicted octanol–water partition coefficient (Wildman–Crippen LogP) is 6.12. The SMILES string of the molecule is O=C(c1ccc(NSc2cccc3scnc23)cc1)N1CCC(O)(CCCC(F)(F)F)CC1. The zero-order valence-electron chi connectivity index (χ0n) is 17.8. The van der Waals surface area contributed by atoms with Crippen molar-refractivity contribution in [3.05, 3.63) is 53.5 Å². The van der Waals surface area contributed by atoms with Crippen molar-refractivity contribution < 1.29 is 23.1 Å². The first-order valence-electron chi connectivity index (χ1n) is 10.7. The number of carbonyl (C=O) groups is 1. The number of alkyl halides is 3. The maximum atomic E-state index is 12.8. The van der Waals surface area contributed by atoms with Gasteiger partial charge in [0.1, 0.15) is 0 Å². The van der Waals surface area contributed by atoms with E-state index >= 15 is 0 Å². The van der Waals surface area contributed by atoms with Crippen molar-refractivity contribution in [2.45, 2.75) is 48.8 Å². The van der Waals surface area contributed by atoms with E-state index < -0.39 is 18.2 Å². The summed E-state index contributed by atoms with van der Waals surface area (Å²) in [5.41, 5.74) is 3.03. The van der Waals surface area contributed by atoms with Gasteiger partial charge in [-0.05, 0) is 74.0 Å². The number of likely N-dealkylation sites (tertiary alicyclic amines) is 1. The Kier molecular flexibility index (Phi) is 7.16. The highest BCUT2D eigenvalue weighted by Gasteiger charge is 2.35. The minimum absolute atomic E-state index is 0.0984. The molecule has 0 spiro atoms. The summed E-state index contributed by atoms with van der Waals surface area (Å²) in [6.45, 7) is 0.656. The van der Waals surface area contributed by atoms with E-state index in [0.29, 0.717) is 18.7 Å². The number of anilines is 1. The lowest BCUT2D eigenvalue weighted by atomic mass is 9.86. The number of benzene rings is 2. The minimum Gasteiger partial charge on any atom is -0.390 e. The Morgan fingerprint density at radius 2 is 1.91 bits per heavy atom. The van der Waals surface area contributed by atoms with Crippen LogP contribution in [0.4, 0.5) is 18.9 Å². The van der Waals surface area contributed by atoms with Crippen LogP contribution in [-0.2, 0) is 0 Å². The van der Waals surface area contributed by atoms with E-state index in [4.69, 9.17) is 0 Å². The predicted molar refractivity (Wildman–Crippen MR) is 126 cm³/mol. The van der Waals surface area contributed by atoms with Crippen LogP contribution in [0.3, 0.4) is 0 Å². The summed E-state index contributed by atoms with van der Waals surface area (Å²) in [6, 6.07) is 13.2. The maximum Gasteiger partial charge on any atom is 0.389 e. The molecule has 1 aliphatic rings. The first kappa shape index (κ1) is 23.8. The third-order valence-corrected chi connectivity index (χ3v) is 7.50. The highest BCUT2D eigenvalue weighted by Crippen LogP contribution is 2.32. The van der Waals surface area contributed by atoms with Crippen molar-refractivity contribution >= 4 is 45.1 Å². The number of fused-ring (bicyclic) bond motifs is 1. The normalized spacial score (nSPS) is 16.2. The minimum atomic E-state index is -4.21. The van der Waals surface area contributed by atoms with Gasteiger partial charge in [-0.25, -0.2) is 4.98 Å². The molecule has 0 atom stereocenters. The molecule has 0 bridgehead atoms. The lowest BCUT2D eigenvalue weighted by Crippen LogP contribution is -2.46. The smallest absolute Gasteiger partial charge is 0.389 e. The number of nitrogens with one attached hydrogen (secondary N) is 1. The van der Waals surface area contributed by atoms with Gasteiger partial charge < -0.3 is 14.7 Å². The monoisotopic (exact) mass is 495 g/mol. The second-order valence-corrected chi connectivity index (χ2v) is 9.96. The topological polar surface area (TPSA) is 65.5 Å². The summed E-state index contributed by atoms with van der Waals surface area (Å²) in [4.78, 5) is 19.9. The Bertz CT molecular complexity index is 1090. The molecule has 2 aromatic carbocycles. The van der Waals surface area contributed by atoms with E-state index in [9.17, 15) is 23.1 Å². The molecule has 0 aliphatic carbocycles. The van der Waals surface area contributed by atoms with Crippen LogP contribution < -0.4 is 4.72 Å². The van der Waals surface area contributed by atoms with Crippen LogP contribution >= 0.6 is 23.3 Å². The van der Waals surface area contributed by atoms with Gasteiger partial charge in [-0.2, -0.15) is 13.2 Å². The Morgan fingerprint density at radius 3 is 2.61 bits per heavy atom. The number of hydrogen-bond donors (Lipinski definition) is 2. The number of aliphatic hydroxyl groups is 1. The van der Waals surface area contributed by atoms with Gasteiger partial charge in [0, 0.05) is 30.8 Å². The average molecular weight is 496 g/mol. The quantitative estimate of drug-likeness (QED) is 0.387. The Hall–Kier alpha value is -2.30. The molecule has 0 radical (unpaired) electrons. The van der Waals surface area contributed by atoms with E-state index in [-0.39, 0.29) is 31.6 Å². The number of nitrogens with zero attached hydrogens (tertiary/aromatic N) is 2. The fourth-order valence-corrected chi connectivity index (χ4v) is 5.45. The number of hydrogen-bond acceptors (Lipinski definition) is 6. The number of rotatable bonds is 7. The van der Waals surface area contributed by atoms with Crippen molar-refractivity contribution in [3.8, 4) is 0 Å². The molecule has 0 unspecified atom stereocenters. The highest BCUT2D eigenvalue weighted by molar-refractivity contribution is 8.00. The number of thiazole rings is 1. The standard InChI is InChI=1S/C23H24F3N3O2S2/c24-23(25,26)10-2-9-22(31)11-13-29(14-12-22)21(30)16-5-7-17(8-6-16)28-33-19-4-1-3-18-20(19)27-15-32-18/h1,3-8,15,28,31H,2,9-14H2. The third kappa shape index (κ3) is 6.18. The number of para-hydroxylation sites is 1. The Morgan fingerprint density at radius 1 is 1.18 bits per heavy atom. The largest absolute Gasteiger partial charge is 0.390 e. The van der Waals surface area contributed by atoms with E-state index in [1.54, 1.807) is 28.4 Å². The zero-order chi connectivity index (χ0) is 23.5. The number of halogens is 3. The van der Waals surface area contributed by atoms with Crippen LogP contribution in [0.1, 0.15) is 42.5 Å². The van der Waals surface area contributed by atoms with E-state index in [2.05, 4.69) is 9.71 Å². The molecule has 1 saturated heterocycles. The fraction of sp³-hybridized carbons (Fsp3) is 0.391. The van der Waals surface area contributed by atoms with E-state index in [1.165, 1.54) is 11.9 Å². The second-order valence-electron chi connectivity index (χ2n) is 8.22. The summed E-state index contributed by atoms with van der Waals surface area (Å²) >= 11 is 3.05. The number of piperidine rings is 1. The Labute approximate surface area is 198 Å². The third-order valence-electron chi connectivity index (χ3n) is 5.82. The van der Waals surface area contributed by atoms with Crippen molar-refractivity contribution in [3.63, 3.8) is 0 Å². The number of aromatic nitrogens is 1. The highest BCUT2D eigenvalue weighted by atomic mass is 32.2. The van der Waals surface area contributed by atoms with Gasteiger partial charge in [0.2, 0.25) is 0 Å². The average Bonchev–Trinajstić information content (AvgIpc) is 3.27. The summed E-state index contributed by atoms with van der Waals surface area (Å²) < 4.78 is 41.5. The lowest BCUT2D eigenvalue weighted by molar-refractivity contribution is -0.138. The molecule has 0 saturated carbocycles. The van der Waals surface area contributed by atoms with Crippen molar-refractivity contribution in [1.82, 2.24) is 9.88 Å². The summed E-state index contributed by atoms with van der Waals surface area (Å²) in [6.07, 6.45) is -4.53. The Balaban J connectivity index is 1.28. The van der Waals surface area contributed by atoms with Gasteiger partial charge in [0.25, 0.3) is 5.91 Å². The van der Waals surface area contributed by atoms with Gasteiger partial charge in [-0.3, -0.25) is 4.79 Å². The molecule has 1 amide bonds. The first-order valence-corrected chi connectivity index (χ1v) is 12.4.